The van der Waals surface area contributed by atoms with Crippen LogP contribution in [0.25, 0.3) is 0 Å². The Balaban J connectivity index is 0. The number of hydrogen-bond donors (Lipinski definition) is 0. The topological polar surface area (TPSA) is 0 Å². The predicted octanol–water partition coefficient (Wildman–Crippen LogP) is 5.12. The van der Waals surface area contributed by atoms with E-state index < -0.39 is 0 Å². The summed E-state index contributed by atoms with van der Waals surface area (Å²) >= 11 is 0. The van der Waals surface area contributed by atoms with Gasteiger partial charge in [-0.15, -0.1) is 0 Å². The van der Waals surface area contributed by atoms with Crippen LogP contribution in [0.15, 0.2) is 23.3 Å². The van der Waals surface area contributed by atoms with Gasteiger partial charge in [0, 0.05) is 0 Å². The Bertz CT molecular complexity index is 157. The number of unbranched alkanes of at least 4 members (excludes halogenated alkanes) is 1. The summed E-state index contributed by atoms with van der Waals surface area (Å²) in [4.78, 5) is 0. The molecule has 0 spiro atoms. The molecule has 0 aliphatic carbocycles. The molecule has 0 nitrogen and oxygen atoms in total. The Morgan fingerprint density at radius 3 is 2.08 bits per heavy atom. The quantitative estimate of drug-likeness (QED) is 0.518. The molecule has 0 saturated heterocycles. The Hall–Kier alpha value is -0.520. The fraction of sp³-hybridized carbons (Fsp3) is 0.692. The van der Waals surface area contributed by atoms with Gasteiger partial charge in [-0.1, -0.05) is 44.1 Å². The first-order valence-electron chi connectivity index (χ1n) is 4.95. The standard InChI is InChI=1S/C12H22.CH4/c1-5-6-9-12(4)10-7-8-11(2)3;/h8-9H,5-7,10H2,1-4H3;1H4/b12-9-;. The molecule has 0 fully saturated rings. The first-order chi connectivity index (χ1) is 5.66. The molecule has 0 radical (unpaired) electrons. The molecule has 0 aromatic rings. The van der Waals surface area contributed by atoms with Crippen LogP contribution in [0.4, 0.5) is 0 Å². The number of hydrogen-bond acceptors (Lipinski definition) is 0. The van der Waals surface area contributed by atoms with Crippen molar-refractivity contribution in [2.45, 2.75) is 60.8 Å². The van der Waals surface area contributed by atoms with E-state index in [0.29, 0.717) is 0 Å². The van der Waals surface area contributed by atoms with Gasteiger partial charge in [0.25, 0.3) is 0 Å². The Kier molecular flexibility index (Phi) is 11.0. The highest BCUT2D eigenvalue weighted by Crippen LogP contribution is 2.07. The molecule has 0 rings (SSSR count). The molecule has 0 saturated carbocycles. The van der Waals surface area contributed by atoms with Gasteiger partial charge in [0.15, 0.2) is 0 Å². The average molecular weight is 182 g/mol. The molecular formula is C13H26. The van der Waals surface area contributed by atoms with E-state index in [1.54, 1.807) is 0 Å². The molecule has 0 bridgehead atoms. The first kappa shape index (κ1) is 15.0. The summed E-state index contributed by atoms with van der Waals surface area (Å²) in [7, 11) is 0. The minimum Gasteiger partial charge on any atom is -0.0856 e. The normalized spacial score (nSPS) is 10.6. The second-order valence-electron chi connectivity index (χ2n) is 3.66. The summed E-state index contributed by atoms with van der Waals surface area (Å²) < 4.78 is 0. The summed E-state index contributed by atoms with van der Waals surface area (Å²) in [5.41, 5.74) is 2.97. The molecule has 13 heavy (non-hydrogen) atoms. The predicted molar refractivity (Wildman–Crippen MR) is 64.1 cm³/mol. The van der Waals surface area contributed by atoms with Gasteiger partial charge in [-0.3, -0.25) is 0 Å². The first-order valence-corrected chi connectivity index (χ1v) is 4.95. The molecule has 0 amide bonds. The number of allylic oxidation sites excluding steroid dienone is 4. The van der Waals surface area contributed by atoms with Crippen molar-refractivity contribution in [3.63, 3.8) is 0 Å². The van der Waals surface area contributed by atoms with Crippen LogP contribution in [0, 0.1) is 0 Å². The number of rotatable bonds is 5. The zero-order valence-corrected chi connectivity index (χ0v) is 8.98. The van der Waals surface area contributed by atoms with E-state index in [9.17, 15) is 0 Å². The van der Waals surface area contributed by atoms with Crippen molar-refractivity contribution in [2.24, 2.45) is 0 Å². The van der Waals surface area contributed by atoms with Crippen LogP contribution >= 0.6 is 0 Å². The van der Waals surface area contributed by atoms with Crippen LogP contribution in [0.3, 0.4) is 0 Å². The lowest BCUT2D eigenvalue weighted by Crippen LogP contribution is -1.77. The van der Waals surface area contributed by atoms with E-state index in [1.807, 2.05) is 0 Å². The second-order valence-corrected chi connectivity index (χ2v) is 3.66. The summed E-state index contributed by atoms with van der Waals surface area (Å²) in [6, 6.07) is 0. The van der Waals surface area contributed by atoms with Gasteiger partial charge >= 0.3 is 0 Å². The molecule has 0 aliphatic rings. The van der Waals surface area contributed by atoms with Crippen molar-refractivity contribution in [3.8, 4) is 0 Å². The van der Waals surface area contributed by atoms with E-state index in [1.165, 1.54) is 36.8 Å². The van der Waals surface area contributed by atoms with E-state index in [-0.39, 0.29) is 7.43 Å². The fourth-order valence-corrected chi connectivity index (χ4v) is 1.08. The lowest BCUT2D eigenvalue weighted by molar-refractivity contribution is 0.908. The molecule has 78 valence electrons. The van der Waals surface area contributed by atoms with Crippen LogP contribution < -0.4 is 0 Å². The van der Waals surface area contributed by atoms with Gasteiger partial charge in [0.2, 0.25) is 0 Å². The van der Waals surface area contributed by atoms with Gasteiger partial charge in [-0.2, -0.15) is 0 Å². The van der Waals surface area contributed by atoms with Crippen molar-refractivity contribution in [3.05, 3.63) is 23.3 Å². The zero-order chi connectivity index (χ0) is 9.40. The lowest BCUT2D eigenvalue weighted by Gasteiger charge is -1.97. The fourth-order valence-electron chi connectivity index (χ4n) is 1.08. The Labute approximate surface area is 84.7 Å². The smallest absolute Gasteiger partial charge is 0.0288 e. The summed E-state index contributed by atoms with van der Waals surface area (Å²) in [6.07, 6.45) is 9.60. The van der Waals surface area contributed by atoms with Gasteiger partial charge < -0.3 is 0 Å². The van der Waals surface area contributed by atoms with E-state index in [2.05, 4.69) is 39.8 Å². The lowest BCUT2D eigenvalue weighted by atomic mass is 10.1. The molecule has 0 aliphatic heterocycles. The maximum absolute atomic E-state index is 2.36. The third-order valence-electron chi connectivity index (χ3n) is 1.87. The third-order valence-corrected chi connectivity index (χ3v) is 1.87. The van der Waals surface area contributed by atoms with Crippen molar-refractivity contribution in [1.29, 1.82) is 0 Å². The minimum atomic E-state index is 0. The maximum Gasteiger partial charge on any atom is -0.0288 e. The average Bonchev–Trinajstić information content (AvgIpc) is 2.00. The molecule has 0 aromatic carbocycles. The van der Waals surface area contributed by atoms with Crippen LogP contribution in [-0.4, -0.2) is 0 Å². The van der Waals surface area contributed by atoms with Gasteiger partial charge in [-0.25, -0.2) is 0 Å². The largest absolute Gasteiger partial charge is 0.0856 e. The second kappa shape index (κ2) is 9.57. The van der Waals surface area contributed by atoms with Gasteiger partial charge in [-0.05, 0) is 40.0 Å². The van der Waals surface area contributed by atoms with Crippen molar-refractivity contribution < 1.29 is 0 Å². The molecule has 0 heterocycles. The Morgan fingerprint density at radius 1 is 1.00 bits per heavy atom. The van der Waals surface area contributed by atoms with E-state index >= 15 is 0 Å². The molecule has 0 heteroatoms. The highest BCUT2D eigenvalue weighted by atomic mass is 13.9. The SMILES string of the molecule is C.CCC/C=C(/C)CCC=C(C)C. The highest BCUT2D eigenvalue weighted by Gasteiger charge is 1.87. The summed E-state index contributed by atoms with van der Waals surface area (Å²) in [5, 5.41) is 0. The van der Waals surface area contributed by atoms with Crippen LogP contribution in [0.1, 0.15) is 60.8 Å². The van der Waals surface area contributed by atoms with Gasteiger partial charge in [0.1, 0.15) is 0 Å². The van der Waals surface area contributed by atoms with Gasteiger partial charge in [0.05, 0.1) is 0 Å². The monoisotopic (exact) mass is 182 g/mol. The molecule has 0 atom stereocenters. The minimum absolute atomic E-state index is 0. The van der Waals surface area contributed by atoms with Crippen molar-refractivity contribution in [2.75, 3.05) is 0 Å². The molecule has 0 unspecified atom stereocenters. The van der Waals surface area contributed by atoms with Crippen molar-refractivity contribution in [1.82, 2.24) is 0 Å². The van der Waals surface area contributed by atoms with E-state index in [0.717, 1.165) is 0 Å². The third kappa shape index (κ3) is 11.5. The summed E-state index contributed by atoms with van der Waals surface area (Å²) in [5.74, 6) is 0. The van der Waals surface area contributed by atoms with Crippen LogP contribution in [0.5, 0.6) is 0 Å². The molecule has 0 N–H and O–H groups in total. The highest BCUT2D eigenvalue weighted by molar-refractivity contribution is 5.01. The van der Waals surface area contributed by atoms with Crippen LogP contribution in [-0.2, 0) is 0 Å². The molecule has 0 aromatic heterocycles. The van der Waals surface area contributed by atoms with Crippen LogP contribution in [0.2, 0.25) is 0 Å². The zero-order valence-electron chi connectivity index (χ0n) is 8.98. The van der Waals surface area contributed by atoms with E-state index in [4.69, 9.17) is 0 Å². The summed E-state index contributed by atoms with van der Waals surface area (Å²) in [6.45, 7) is 8.77. The maximum atomic E-state index is 2.36. The van der Waals surface area contributed by atoms with Crippen molar-refractivity contribution >= 4 is 0 Å². The molecular weight excluding hydrogens is 156 g/mol. The Morgan fingerprint density at radius 2 is 1.62 bits per heavy atom.